The van der Waals surface area contributed by atoms with Crippen molar-refractivity contribution < 1.29 is 0 Å². The third-order valence-electron chi connectivity index (χ3n) is 19.9. The quantitative estimate of drug-likeness (QED) is 0.142. The first-order valence-corrected chi connectivity index (χ1v) is 32.3. The molecular formula is C90H72. The van der Waals surface area contributed by atoms with Crippen molar-refractivity contribution >= 4 is 46.6 Å². The summed E-state index contributed by atoms with van der Waals surface area (Å²) in [7, 11) is 0. The van der Waals surface area contributed by atoms with E-state index in [-0.39, 0.29) is 47.3 Å². The summed E-state index contributed by atoms with van der Waals surface area (Å²) in [6.45, 7) is 0. The van der Waals surface area contributed by atoms with Crippen molar-refractivity contribution in [3.63, 3.8) is 0 Å². The Bertz CT molecular complexity index is 3870. The van der Waals surface area contributed by atoms with Crippen molar-refractivity contribution in [1.82, 2.24) is 0 Å². The maximum atomic E-state index is 2.44. The van der Waals surface area contributed by atoms with Crippen molar-refractivity contribution in [2.45, 2.75) is 60.2 Å². The summed E-state index contributed by atoms with van der Waals surface area (Å²) in [5, 5.41) is 0. The molecule has 8 atom stereocenters. The average Bonchev–Trinajstić information content (AvgIpc) is 1.66. The van der Waals surface area contributed by atoms with Crippen molar-refractivity contribution in [1.29, 1.82) is 0 Å². The summed E-state index contributed by atoms with van der Waals surface area (Å²) in [6.07, 6.45) is 11.7. The van der Waals surface area contributed by atoms with E-state index in [1.165, 1.54) is 111 Å². The second kappa shape index (κ2) is 25.7. The Hall–Kier alpha value is -10.4. The summed E-state index contributed by atoms with van der Waals surface area (Å²) in [6, 6.07) is 128. The molecule has 0 aromatic heterocycles. The predicted molar refractivity (Wildman–Crippen MR) is 380 cm³/mol. The minimum atomic E-state index is 0.255. The standard InChI is InChI=1S/C90H72/c1-9-25-67(26-10-1)79-57-63-41-49-71(50-42-63)83-61-85(89(77-37-21-7-22-38-77)87(83)75-33-17-5-18-34-75)73-53-45-65(46-54-73)59-81(69-29-13-3-14-30-69)82(70-31-15-4-16-32-70)60-66-47-55-74(56-48-66)86-62-84(72-51-43-64(44-52-72)58-80(79)68-27-11-2-12-28-68)88(76-35-19-6-20-36-76)90(86)78-39-23-8-24-40-78/h1-60,83-90H,61-62H2/b79-57-,80-58-,81-59?,82-60?. The molecule has 0 heteroatoms. The summed E-state index contributed by atoms with van der Waals surface area (Å²) >= 11 is 0. The minimum absolute atomic E-state index is 0.255. The fourth-order valence-corrected chi connectivity index (χ4v) is 15.7. The average molecular weight is 1150 g/mol. The molecule has 2 fully saturated rings. The van der Waals surface area contributed by atoms with Crippen LogP contribution in [0.25, 0.3) is 46.6 Å². The van der Waals surface area contributed by atoms with E-state index in [0.29, 0.717) is 0 Å². The largest absolute Gasteiger partial charge is 0.0622 e. The summed E-state index contributed by atoms with van der Waals surface area (Å²) in [5.41, 5.74) is 25.3. The first-order chi connectivity index (χ1) is 44.6. The Kier molecular flexibility index (Phi) is 16.1. The third kappa shape index (κ3) is 11.7. The van der Waals surface area contributed by atoms with Gasteiger partial charge in [0.05, 0.1) is 0 Å². The van der Waals surface area contributed by atoms with Gasteiger partial charge in [0.2, 0.25) is 0 Å². The first-order valence-electron chi connectivity index (χ1n) is 32.3. The molecule has 0 saturated heterocycles. The monoisotopic (exact) mass is 1150 g/mol. The van der Waals surface area contributed by atoms with Crippen LogP contribution in [-0.4, -0.2) is 0 Å². The molecule has 12 aromatic rings. The summed E-state index contributed by atoms with van der Waals surface area (Å²) in [5.74, 6) is 2.12. The van der Waals surface area contributed by atoms with Crippen LogP contribution in [0.3, 0.4) is 0 Å². The van der Waals surface area contributed by atoms with E-state index in [1.54, 1.807) is 0 Å². The number of rotatable bonds is 8. The lowest BCUT2D eigenvalue weighted by atomic mass is 9.75. The minimum Gasteiger partial charge on any atom is -0.0622 e. The molecule has 9 aliphatic carbocycles. The van der Waals surface area contributed by atoms with Gasteiger partial charge in [0.15, 0.2) is 0 Å². The fourth-order valence-electron chi connectivity index (χ4n) is 15.7. The maximum Gasteiger partial charge on any atom is -0.00182 e. The Morgan fingerprint density at radius 1 is 0.156 bits per heavy atom. The van der Waals surface area contributed by atoms with Gasteiger partial charge < -0.3 is 0 Å². The van der Waals surface area contributed by atoms with Crippen LogP contribution in [0.4, 0.5) is 0 Å². The number of allylic oxidation sites excluding steroid dienone is 4. The van der Waals surface area contributed by atoms with Gasteiger partial charge in [-0.1, -0.05) is 340 Å². The van der Waals surface area contributed by atoms with Crippen LogP contribution in [0, 0.1) is 0 Å². The molecule has 9 aliphatic rings. The van der Waals surface area contributed by atoms with Crippen molar-refractivity contribution in [2.75, 3.05) is 0 Å². The van der Waals surface area contributed by atoms with Crippen LogP contribution in [0.15, 0.2) is 340 Å². The highest BCUT2D eigenvalue weighted by molar-refractivity contribution is 6.17. The lowest BCUT2D eigenvalue weighted by Gasteiger charge is -2.29. The van der Waals surface area contributed by atoms with E-state index in [9.17, 15) is 0 Å². The zero-order valence-corrected chi connectivity index (χ0v) is 50.7. The molecule has 8 unspecified atom stereocenters. The van der Waals surface area contributed by atoms with E-state index < -0.39 is 0 Å². The zero-order valence-electron chi connectivity index (χ0n) is 50.7. The molecule has 0 nitrogen and oxygen atoms in total. The number of benzene rings is 12. The molecule has 0 N–H and O–H groups in total. The van der Waals surface area contributed by atoms with E-state index in [4.69, 9.17) is 0 Å². The van der Waals surface area contributed by atoms with Gasteiger partial charge in [-0.2, -0.15) is 0 Å². The normalized spacial score (nSPS) is 21.8. The second-order valence-corrected chi connectivity index (χ2v) is 25.0. The highest BCUT2D eigenvalue weighted by Crippen LogP contribution is 2.62. The van der Waals surface area contributed by atoms with Crippen LogP contribution in [-0.2, 0) is 0 Å². The molecule has 0 spiro atoms. The van der Waals surface area contributed by atoms with E-state index >= 15 is 0 Å². The molecular weight excluding hydrogens is 1080 g/mol. The lowest BCUT2D eigenvalue weighted by Crippen LogP contribution is -2.14. The van der Waals surface area contributed by atoms with Crippen molar-refractivity contribution in [2.24, 2.45) is 0 Å². The molecule has 90 heavy (non-hydrogen) atoms. The zero-order chi connectivity index (χ0) is 60.0. The third-order valence-corrected chi connectivity index (χ3v) is 19.9. The van der Waals surface area contributed by atoms with Crippen LogP contribution in [0.2, 0.25) is 0 Å². The Morgan fingerprint density at radius 2 is 0.322 bits per heavy atom. The van der Waals surface area contributed by atoms with Crippen molar-refractivity contribution in [3.05, 3.63) is 429 Å². The fraction of sp³-hybridized carbons (Fsp3) is 0.111. The van der Waals surface area contributed by atoms with Gasteiger partial charge in [-0.25, -0.2) is 0 Å². The molecule has 21 rings (SSSR count). The molecule has 0 amide bonds. The van der Waals surface area contributed by atoms with Crippen LogP contribution >= 0.6 is 0 Å². The molecule has 0 heterocycles. The molecule has 0 aliphatic heterocycles. The smallest absolute Gasteiger partial charge is 0.00182 e. The predicted octanol–water partition coefficient (Wildman–Crippen LogP) is 23.2. The van der Waals surface area contributed by atoms with Gasteiger partial charge in [0, 0.05) is 0 Å². The van der Waals surface area contributed by atoms with Gasteiger partial charge in [-0.15, -0.1) is 0 Å². The second-order valence-electron chi connectivity index (χ2n) is 25.0. The van der Waals surface area contributed by atoms with Gasteiger partial charge in [0.25, 0.3) is 0 Å². The molecule has 2 saturated carbocycles. The SMILES string of the molecule is C1=C(c2ccccc2)C(c2ccccc2)=Cc2ccc(cc2)C2CC(c3ccc(cc3)/C=C(c3ccccc3)\C(c3ccccc3)=C/c3ccc(cc3)C3CC(c4ccc1cc4)C(c1ccccc1)C3c1ccccc1)C(c1ccccc1)C2c1ccccc1. The van der Waals surface area contributed by atoms with Gasteiger partial charge in [0.1, 0.15) is 0 Å². The lowest BCUT2D eigenvalue weighted by molar-refractivity contribution is 0.553. The van der Waals surface area contributed by atoms with E-state index in [2.05, 4.69) is 364 Å². The molecule has 12 aromatic carbocycles. The summed E-state index contributed by atoms with van der Waals surface area (Å²) < 4.78 is 0. The number of hydrogen-bond donors (Lipinski definition) is 0. The van der Waals surface area contributed by atoms with E-state index in [1.807, 2.05) is 0 Å². The van der Waals surface area contributed by atoms with Crippen LogP contribution in [0.1, 0.15) is 149 Å². The highest BCUT2D eigenvalue weighted by atomic mass is 14.5. The molecule has 432 valence electrons. The van der Waals surface area contributed by atoms with E-state index in [0.717, 1.165) is 12.8 Å². The van der Waals surface area contributed by atoms with Gasteiger partial charge >= 0.3 is 0 Å². The highest BCUT2D eigenvalue weighted by Gasteiger charge is 2.47. The number of hydrogen-bond acceptors (Lipinski definition) is 0. The Balaban J connectivity index is 0.929. The van der Waals surface area contributed by atoms with Gasteiger partial charge in [-0.3, -0.25) is 0 Å². The summed E-state index contributed by atoms with van der Waals surface area (Å²) in [4.78, 5) is 0. The van der Waals surface area contributed by atoms with Crippen LogP contribution in [0.5, 0.6) is 0 Å². The molecule has 0 radical (unpaired) electrons. The van der Waals surface area contributed by atoms with Crippen molar-refractivity contribution in [3.8, 4) is 0 Å². The first kappa shape index (κ1) is 56.1. The van der Waals surface area contributed by atoms with Crippen LogP contribution < -0.4 is 0 Å². The molecule has 12 bridgehead atoms. The maximum absolute atomic E-state index is 2.44. The van der Waals surface area contributed by atoms with Gasteiger partial charge in [-0.05, 0) is 196 Å². The topological polar surface area (TPSA) is 0 Å². The Morgan fingerprint density at radius 3 is 0.500 bits per heavy atom. The Labute approximate surface area is 532 Å².